The van der Waals surface area contributed by atoms with Crippen LogP contribution < -0.4 is 5.32 Å². The summed E-state index contributed by atoms with van der Waals surface area (Å²) < 4.78 is 0. The molecule has 0 radical (unpaired) electrons. The van der Waals surface area contributed by atoms with Crippen LogP contribution in [0.3, 0.4) is 0 Å². The minimum Gasteiger partial charge on any atom is -0.310 e. The summed E-state index contributed by atoms with van der Waals surface area (Å²) in [5.74, 6) is 0. The van der Waals surface area contributed by atoms with Gasteiger partial charge in [0.05, 0.1) is 0 Å². The smallest absolute Gasteiger partial charge is 0.0309 e. The zero-order chi connectivity index (χ0) is 12.0. The van der Waals surface area contributed by atoms with Crippen molar-refractivity contribution in [2.24, 2.45) is 0 Å². The summed E-state index contributed by atoms with van der Waals surface area (Å²) in [5, 5.41) is 3.74. The molecule has 1 aliphatic heterocycles. The van der Waals surface area contributed by atoms with Crippen molar-refractivity contribution in [3.8, 4) is 0 Å². The van der Waals surface area contributed by atoms with Gasteiger partial charge < -0.3 is 5.32 Å². The molecule has 1 aliphatic rings. The summed E-state index contributed by atoms with van der Waals surface area (Å²) in [5.41, 5.74) is 0.377. The van der Waals surface area contributed by atoms with Crippen LogP contribution in [-0.4, -0.2) is 36.1 Å². The second-order valence-electron chi connectivity index (χ2n) is 5.37. The molecule has 0 amide bonds. The first-order valence-electron chi connectivity index (χ1n) is 6.73. The molecule has 2 heteroatoms. The Kier molecular flexibility index (Phi) is 5.50. The van der Waals surface area contributed by atoms with Gasteiger partial charge in [0.2, 0.25) is 0 Å². The van der Waals surface area contributed by atoms with E-state index in [-0.39, 0.29) is 0 Å². The quantitative estimate of drug-likeness (QED) is 0.669. The van der Waals surface area contributed by atoms with Crippen LogP contribution in [0.4, 0.5) is 0 Å². The fourth-order valence-corrected chi connectivity index (χ4v) is 2.79. The van der Waals surface area contributed by atoms with E-state index in [1.54, 1.807) is 0 Å². The predicted octanol–water partition coefficient (Wildman–Crippen LogP) is 2.81. The second-order valence-corrected chi connectivity index (χ2v) is 5.37. The lowest BCUT2D eigenvalue weighted by Gasteiger charge is -2.37. The van der Waals surface area contributed by atoms with Crippen LogP contribution in [0.1, 0.15) is 46.5 Å². The molecular formula is C14H28N2. The Morgan fingerprint density at radius 3 is 2.69 bits per heavy atom. The lowest BCUT2D eigenvalue weighted by molar-refractivity contribution is 0.165. The van der Waals surface area contributed by atoms with Crippen molar-refractivity contribution in [3.63, 3.8) is 0 Å². The molecule has 94 valence electrons. The molecule has 1 unspecified atom stereocenters. The molecule has 0 aromatic rings. The highest BCUT2D eigenvalue weighted by atomic mass is 15.2. The zero-order valence-corrected chi connectivity index (χ0v) is 11.3. The van der Waals surface area contributed by atoms with Crippen molar-refractivity contribution in [1.82, 2.24) is 10.2 Å². The van der Waals surface area contributed by atoms with E-state index in [1.165, 1.54) is 38.8 Å². The first kappa shape index (κ1) is 13.7. The summed E-state index contributed by atoms with van der Waals surface area (Å²) in [6, 6.07) is 0.606. The van der Waals surface area contributed by atoms with Crippen molar-refractivity contribution < 1.29 is 0 Å². The Bertz CT molecular complexity index is 205. The summed E-state index contributed by atoms with van der Waals surface area (Å²) in [4.78, 5) is 2.53. The van der Waals surface area contributed by atoms with Gasteiger partial charge in [-0.25, -0.2) is 0 Å². The van der Waals surface area contributed by atoms with Gasteiger partial charge in [-0.2, -0.15) is 0 Å². The lowest BCUT2D eigenvalue weighted by Crippen LogP contribution is -2.51. The molecule has 0 spiro atoms. The van der Waals surface area contributed by atoms with E-state index in [0.29, 0.717) is 11.6 Å². The van der Waals surface area contributed by atoms with Gasteiger partial charge in [0.25, 0.3) is 0 Å². The van der Waals surface area contributed by atoms with E-state index >= 15 is 0 Å². The molecule has 1 atom stereocenters. The minimum atomic E-state index is 0.377. The average Bonchev–Trinajstić information content (AvgIpc) is 2.66. The van der Waals surface area contributed by atoms with E-state index in [1.807, 2.05) is 6.08 Å². The van der Waals surface area contributed by atoms with Crippen LogP contribution in [-0.2, 0) is 0 Å². The highest BCUT2D eigenvalue weighted by Crippen LogP contribution is 2.26. The van der Waals surface area contributed by atoms with E-state index in [4.69, 9.17) is 0 Å². The normalized spacial score (nSPS) is 25.6. The van der Waals surface area contributed by atoms with Gasteiger partial charge in [0.15, 0.2) is 0 Å². The standard InChI is InChI=1S/C14H28N2/c1-5-8-14(9-7-10-15-14)12-16(11-6-2)13(3)4/h6,13,15H,2,5,7-12H2,1,3-4H3. The third kappa shape index (κ3) is 3.60. The van der Waals surface area contributed by atoms with E-state index in [0.717, 1.165) is 6.54 Å². The monoisotopic (exact) mass is 224 g/mol. The first-order chi connectivity index (χ1) is 7.63. The van der Waals surface area contributed by atoms with Crippen molar-refractivity contribution in [2.75, 3.05) is 19.6 Å². The minimum absolute atomic E-state index is 0.377. The maximum absolute atomic E-state index is 3.86. The molecule has 0 saturated carbocycles. The van der Waals surface area contributed by atoms with Crippen LogP contribution in [0, 0.1) is 0 Å². The van der Waals surface area contributed by atoms with Gasteiger partial charge in [-0.1, -0.05) is 19.4 Å². The number of rotatable bonds is 7. The molecule has 0 aliphatic carbocycles. The van der Waals surface area contributed by atoms with Gasteiger partial charge in [0.1, 0.15) is 0 Å². The highest BCUT2D eigenvalue weighted by molar-refractivity contribution is 4.96. The molecule has 1 N–H and O–H groups in total. The van der Waals surface area contributed by atoms with Crippen molar-refractivity contribution in [1.29, 1.82) is 0 Å². The van der Waals surface area contributed by atoms with Crippen LogP contribution >= 0.6 is 0 Å². The number of hydrogen-bond acceptors (Lipinski definition) is 2. The summed E-state index contributed by atoms with van der Waals surface area (Å²) in [6.07, 6.45) is 7.26. The summed E-state index contributed by atoms with van der Waals surface area (Å²) >= 11 is 0. The SMILES string of the molecule is C=CCN(CC1(CCC)CCCN1)C(C)C. The Morgan fingerprint density at radius 2 is 2.25 bits per heavy atom. The molecule has 0 aromatic heterocycles. The van der Waals surface area contributed by atoms with Crippen LogP contribution in [0.15, 0.2) is 12.7 Å². The van der Waals surface area contributed by atoms with Crippen molar-refractivity contribution >= 4 is 0 Å². The van der Waals surface area contributed by atoms with Gasteiger partial charge in [-0.3, -0.25) is 4.90 Å². The first-order valence-corrected chi connectivity index (χ1v) is 6.73. The van der Waals surface area contributed by atoms with Crippen molar-refractivity contribution in [3.05, 3.63) is 12.7 Å². The topological polar surface area (TPSA) is 15.3 Å². The van der Waals surface area contributed by atoms with Crippen molar-refractivity contribution in [2.45, 2.75) is 58.0 Å². The van der Waals surface area contributed by atoms with Crippen LogP contribution in [0.5, 0.6) is 0 Å². The Labute approximate surface area is 101 Å². The average molecular weight is 224 g/mol. The lowest BCUT2D eigenvalue weighted by atomic mass is 9.91. The molecule has 0 bridgehead atoms. The number of hydrogen-bond donors (Lipinski definition) is 1. The van der Waals surface area contributed by atoms with Crippen LogP contribution in [0.25, 0.3) is 0 Å². The van der Waals surface area contributed by atoms with Gasteiger partial charge in [-0.05, 0) is 39.7 Å². The number of nitrogens with one attached hydrogen (secondary N) is 1. The predicted molar refractivity (Wildman–Crippen MR) is 71.8 cm³/mol. The maximum atomic E-state index is 3.86. The van der Waals surface area contributed by atoms with Gasteiger partial charge >= 0.3 is 0 Å². The largest absolute Gasteiger partial charge is 0.310 e. The third-order valence-electron chi connectivity index (χ3n) is 3.66. The molecule has 16 heavy (non-hydrogen) atoms. The summed E-state index contributed by atoms with van der Waals surface area (Å²) in [6.45, 7) is 14.1. The van der Waals surface area contributed by atoms with E-state index < -0.39 is 0 Å². The Morgan fingerprint density at radius 1 is 1.50 bits per heavy atom. The highest BCUT2D eigenvalue weighted by Gasteiger charge is 2.34. The molecule has 1 rings (SSSR count). The van der Waals surface area contributed by atoms with E-state index in [9.17, 15) is 0 Å². The molecule has 1 fully saturated rings. The van der Waals surface area contributed by atoms with Crippen LogP contribution in [0.2, 0.25) is 0 Å². The fraction of sp³-hybridized carbons (Fsp3) is 0.857. The fourth-order valence-electron chi connectivity index (χ4n) is 2.79. The molecule has 0 aromatic carbocycles. The third-order valence-corrected chi connectivity index (χ3v) is 3.66. The summed E-state index contributed by atoms with van der Waals surface area (Å²) in [7, 11) is 0. The zero-order valence-electron chi connectivity index (χ0n) is 11.3. The number of nitrogens with zero attached hydrogens (tertiary/aromatic N) is 1. The maximum Gasteiger partial charge on any atom is 0.0309 e. The van der Waals surface area contributed by atoms with E-state index in [2.05, 4.69) is 37.6 Å². The molecule has 1 saturated heterocycles. The second kappa shape index (κ2) is 6.41. The molecule has 2 nitrogen and oxygen atoms in total. The molecule has 1 heterocycles. The van der Waals surface area contributed by atoms with Gasteiger partial charge in [0, 0.05) is 24.7 Å². The van der Waals surface area contributed by atoms with Gasteiger partial charge in [-0.15, -0.1) is 6.58 Å². The molecular weight excluding hydrogens is 196 g/mol. The Balaban J connectivity index is 2.61. The Hall–Kier alpha value is -0.340.